The summed E-state index contributed by atoms with van der Waals surface area (Å²) in [6, 6.07) is 4.14. The van der Waals surface area contributed by atoms with Crippen LogP contribution in [-0.2, 0) is 4.79 Å². The molecule has 0 unspecified atom stereocenters. The molecule has 7 heteroatoms. The van der Waals surface area contributed by atoms with Gasteiger partial charge in [0, 0.05) is 30.7 Å². The number of hydrogen-bond acceptors (Lipinski definition) is 4. The number of amides is 1. The molecule has 7 nitrogen and oxygen atoms in total. The molecule has 0 fully saturated rings. The van der Waals surface area contributed by atoms with Crippen molar-refractivity contribution in [3.63, 3.8) is 0 Å². The van der Waals surface area contributed by atoms with Gasteiger partial charge in [-0.05, 0) is 31.4 Å². The Bertz CT molecular complexity index is 557. The van der Waals surface area contributed by atoms with E-state index >= 15 is 0 Å². The number of aryl methyl sites for hydroxylation is 1. The average Bonchev–Trinajstić information content (AvgIpc) is 2.45. The summed E-state index contributed by atoms with van der Waals surface area (Å²) in [5.74, 6) is -1.04. The van der Waals surface area contributed by atoms with Crippen molar-refractivity contribution in [2.24, 2.45) is 0 Å². The molecule has 0 aromatic heterocycles. The van der Waals surface area contributed by atoms with Gasteiger partial charge in [-0.3, -0.25) is 19.7 Å². The standard InChI is InChI=1S/C15H20N2O5/c1-11-10-12(17(21)22)7-8-13(11)15(20)16-9-5-3-2-4-6-14(18)19/h7-8,10H,2-6,9H2,1H3,(H,16,20)(H,18,19). The first kappa shape index (κ1) is 17.6. The number of non-ortho nitro benzene ring substituents is 1. The Labute approximate surface area is 128 Å². The van der Waals surface area contributed by atoms with Gasteiger partial charge in [-0.25, -0.2) is 0 Å². The molecule has 2 N–H and O–H groups in total. The van der Waals surface area contributed by atoms with Gasteiger partial charge < -0.3 is 10.4 Å². The maximum absolute atomic E-state index is 12.0. The first-order valence-electron chi connectivity index (χ1n) is 7.17. The number of nitro benzene ring substituents is 1. The molecule has 0 heterocycles. The Hall–Kier alpha value is -2.44. The fourth-order valence-corrected chi connectivity index (χ4v) is 2.07. The molecule has 0 saturated carbocycles. The van der Waals surface area contributed by atoms with E-state index < -0.39 is 10.9 Å². The second-order valence-electron chi connectivity index (χ2n) is 5.07. The lowest BCUT2D eigenvalue weighted by molar-refractivity contribution is -0.384. The van der Waals surface area contributed by atoms with Gasteiger partial charge >= 0.3 is 5.97 Å². The number of carboxylic acids is 1. The van der Waals surface area contributed by atoms with Gasteiger partial charge in [0.05, 0.1) is 4.92 Å². The zero-order valence-corrected chi connectivity index (χ0v) is 12.5. The number of benzene rings is 1. The Morgan fingerprint density at radius 2 is 1.91 bits per heavy atom. The van der Waals surface area contributed by atoms with Gasteiger partial charge in [-0.15, -0.1) is 0 Å². The first-order valence-corrected chi connectivity index (χ1v) is 7.17. The first-order chi connectivity index (χ1) is 10.4. The molecule has 22 heavy (non-hydrogen) atoms. The van der Waals surface area contributed by atoms with Crippen molar-refractivity contribution >= 4 is 17.6 Å². The van der Waals surface area contributed by atoms with E-state index in [1.165, 1.54) is 18.2 Å². The van der Waals surface area contributed by atoms with Crippen LogP contribution in [0.4, 0.5) is 5.69 Å². The number of aliphatic carboxylic acids is 1. The lowest BCUT2D eigenvalue weighted by Crippen LogP contribution is -2.25. The third kappa shape index (κ3) is 5.90. The van der Waals surface area contributed by atoms with E-state index in [0.29, 0.717) is 24.1 Å². The van der Waals surface area contributed by atoms with Crippen molar-refractivity contribution in [1.29, 1.82) is 0 Å². The molecule has 0 saturated heterocycles. The van der Waals surface area contributed by atoms with Crippen molar-refractivity contribution in [3.05, 3.63) is 39.4 Å². The highest BCUT2D eigenvalue weighted by Crippen LogP contribution is 2.17. The predicted molar refractivity (Wildman–Crippen MR) is 80.9 cm³/mol. The third-order valence-electron chi connectivity index (χ3n) is 3.27. The number of nitrogens with zero attached hydrogens (tertiary/aromatic N) is 1. The molecule has 1 aromatic rings. The average molecular weight is 308 g/mol. The van der Waals surface area contributed by atoms with Gasteiger partial charge in [0.1, 0.15) is 0 Å². The molecule has 0 radical (unpaired) electrons. The highest BCUT2D eigenvalue weighted by Gasteiger charge is 2.12. The van der Waals surface area contributed by atoms with E-state index in [1.54, 1.807) is 6.92 Å². The minimum Gasteiger partial charge on any atom is -0.481 e. The van der Waals surface area contributed by atoms with Crippen LogP contribution in [0.2, 0.25) is 0 Å². The van der Waals surface area contributed by atoms with Crippen LogP contribution in [0, 0.1) is 17.0 Å². The van der Waals surface area contributed by atoms with Gasteiger partial charge in [-0.1, -0.05) is 12.8 Å². The van der Waals surface area contributed by atoms with E-state index in [-0.39, 0.29) is 18.0 Å². The van der Waals surface area contributed by atoms with Crippen molar-refractivity contribution in [2.45, 2.75) is 39.0 Å². The molecule has 0 aliphatic carbocycles. The Balaban J connectivity index is 2.34. The Kier molecular flexibility index (Phi) is 7.01. The van der Waals surface area contributed by atoms with Crippen molar-refractivity contribution in [3.8, 4) is 0 Å². The van der Waals surface area contributed by atoms with Crippen LogP contribution in [0.25, 0.3) is 0 Å². The van der Waals surface area contributed by atoms with Crippen LogP contribution in [0.15, 0.2) is 18.2 Å². The molecule has 120 valence electrons. The maximum atomic E-state index is 12.0. The summed E-state index contributed by atoms with van der Waals surface area (Å²) in [6.45, 7) is 2.16. The number of carboxylic acid groups (broad SMARTS) is 1. The topological polar surface area (TPSA) is 110 Å². The molecule has 0 aliphatic rings. The van der Waals surface area contributed by atoms with Crippen LogP contribution in [0.1, 0.15) is 48.0 Å². The molecular weight excluding hydrogens is 288 g/mol. The maximum Gasteiger partial charge on any atom is 0.303 e. The van der Waals surface area contributed by atoms with Crippen LogP contribution in [-0.4, -0.2) is 28.5 Å². The number of carbonyl (C=O) groups excluding carboxylic acids is 1. The lowest BCUT2D eigenvalue weighted by Gasteiger charge is -2.07. The van der Waals surface area contributed by atoms with E-state index in [0.717, 1.165) is 19.3 Å². The number of nitro groups is 1. The highest BCUT2D eigenvalue weighted by molar-refractivity contribution is 5.95. The van der Waals surface area contributed by atoms with Gasteiger partial charge in [0.2, 0.25) is 0 Å². The summed E-state index contributed by atoms with van der Waals surface area (Å²) in [6.07, 6.45) is 3.27. The van der Waals surface area contributed by atoms with Gasteiger partial charge in [-0.2, -0.15) is 0 Å². The number of carbonyl (C=O) groups is 2. The Morgan fingerprint density at radius 3 is 2.50 bits per heavy atom. The molecule has 0 bridgehead atoms. The highest BCUT2D eigenvalue weighted by atomic mass is 16.6. The number of unbranched alkanes of at least 4 members (excludes halogenated alkanes) is 3. The zero-order valence-electron chi connectivity index (χ0n) is 12.5. The number of rotatable bonds is 9. The predicted octanol–water partition coefficient (Wildman–Crippen LogP) is 2.67. The molecule has 1 aromatic carbocycles. The monoisotopic (exact) mass is 308 g/mol. The summed E-state index contributed by atoms with van der Waals surface area (Å²) in [5, 5.41) is 21.9. The molecule has 0 spiro atoms. The second kappa shape index (κ2) is 8.76. The fourth-order valence-electron chi connectivity index (χ4n) is 2.07. The van der Waals surface area contributed by atoms with Crippen LogP contribution in [0.5, 0.6) is 0 Å². The van der Waals surface area contributed by atoms with Crippen LogP contribution >= 0.6 is 0 Å². The largest absolute Gasteiger partial charge is 0.481 e. The van der Waals surface area contributed by atoms with Gasteiger partial charge in [0.25, 0.3) is 11.6 Å². The quantitative estimate of drug-likeness (QED) is 0.414. The summed E-state index contributed by atoms with van der Waals surface area (Å²) in [5.41, 5.74) is 0.956. The summed E-state index contributed by atoms with van der Waals surface area (Å²) in [4.78, 5) is 32.4. The smallest absolute Gasteiger partial charge is 0.303 e. The molecule has 0 aliphatic heterocycles. The lowest BCUT2D eigenvalue weighted by atomic mass is 10.1. The van der Waals surface area contributed by atoms with Crippen LogP contribution < -0.4 is 5.32 Å². The molecule has 1 amide bonds. The molecule has 1 rings (SSSR count). The fraction of sp³-hybridized carbons (Fsp3) is 0.467. The molecular formula is C15H20N2O5. The minimum absolute atomic E-state index is 0.0347. The number of nitrogens with one attached hydrogen (secondary N) is 1. The van der Waals surface area contributed by atoms with E-state index in [1.807, 2.05) is 0 Å². The normalized spacial score (nSPS) is 10.2. The van der Waals surface area contributed by atoms with Gasteiger partial charge in [0.15, 0.2) is 0 Å². The summed E-state index contributed by atoms with van der Waals surface area (Å²) >= 11 is 0. The van der Waals surface area contributed by atoms with Crippen LogP contribution in [0.3, 0.4) is 0 Å². The van der Waals surface area contributed by atoms with E-state index in [9.17, 15) is 19.7 Å². The SMILES string of the molecule is Cc1cc([N+](=O)[O-])ccc1C(=O)NCCCCCCC(=O)O. The van der Waals surface area contributed by atoms with E-state index in [4.69, 9.17) is 5.11 Å². The van der Waals surface area contributed by atoms with E-state index in [2.05, 4.69) is 5.32 Å². The number of hydrogen-bond donors (Lipinski definition) is 2. The Morgan fingerprint density at radius 1 is 1.23 bits per heavy atom. The summed E-state index contributed by atoms with van der Waals surface area (Å²) < 4.78 is 0. The third-order valence-corrected chi connectivity index (χ3v) is 3.27. The minimum atomic E-state index is -0.790. The van der Waals surface area contributed by atoms with Crippen molar-refractivity contribution in [1.82, 2.24) is 5.32 Å². The molecule has 0 atom stereocenters. The summed E-state index contributed by atoms with van der Waals surface area (Å²) in [7, 11) is 0. The van der Waals surface area contributed by atoms with Crippen molar-refractivity contribution in [2.75, 3.05) is 6.54 Å². The zero-order chi connectivity index (χ0) is 16.5. The van der Waals surface area contributed by atoms with Crippen molar-refractivity contribution < 1.29 is 19.6 Å². The second-order valence-corrected chi connectivity index (χ2v) is 5.07.